The van der Waals surface area contributed by atoms with Crippen LogP contribution in [0.3, 0.4) is 0 Å². The summed E-state index contributed by atoms with van der Waals surface area (Å²) < 4.78 is 0. The average Bonchev–Trinajstić information content (AvgIpc) is 3.24. The standard InChI is InChI=1S/C22H19N5OS/c28-22-18-13-27(12-17-6-7-20(29-17)15-4-2-1-3-5-15)9-8-19(18)25-21(26-22)16-10-23-14-24-11-16/h1-7,10-11,14H,8-9,12-13H2,(H,25,26,28). The lowest BCUT2D eigenvalue weighted by Crippen LogP contribution is -2.35. The highest BCUT2D eigenvalue weighted by Crippen LogP contribution is 2.29. The summed E-state index contributed by atoms with van der Waals surface area (Å²) in [6.45, 7) is 2.33. The number of nitrogens with one attached hydrogen (secondary N) is 1. The number of thiophene rings is 1. The second-order valence-corrected chi connectivity index (χ2v) is 8.23. The smallest absolute Gasteiger partial charge is 0.255 e. The molecule has 144 valence electrons. The number of hydrogen-bond donors (Lipinski definition) is 1. The summed E-state index contributed by atoms with van der Waals surface area (Å²) in [5.74, 6) is 0.536. The van der Waals surface area contributed by atoms with Crippen molar-refractivity contribution in [3.8, 4) is 21.8 Å². The average molecular weight is 401 g/mol. The van der Waals surface area contributed by atoms with E-state index < -0.39 is 0 Å². The number of hydrogen-bond acceptors (Lipinski definition) is 6. The van der Waals surface area contributed by atoms with Gasteiger partial charge in [0.15, 0.2) is 0 Å². The summed E-state index contributed by atoms with van der Waals surface area (Å²) in [4.78, 5) is 33.1. The van der Waals surface area contributed by atoms with Crippen LogP contribution in [0.1, 0.15) is 16.1 Å². The summed E-state index contributed by atoms with van der Waals surface area (Å²) in [6.07, 6.45) is 5.55. The number of benzene rings is 1. The van der Waals surface area contributed by atoms with Crippen molar-refractivity contribution >= 4 is 11.3 Å². The molecule has 4 heterocycles. The molecule has 4 aromatic rings. The molecule has 1 aliphatic heterocycles. The number of aromatic nitrogens is 4. The molecular formula is C22H19N5OS. The van der Waals surface area contributed by atoms with Crippen molar-refractivity contribution in [2.75, 3.05) is 6.54 Å². The van der Waals surface area contributed by atoms with Crippen LogP contribution in [0, 0.1) is 0 Å². The molecule has 3 aromatic heterocycles. The van der Waals surface area contributed by atoms with Crippen molar-refractivity contribution < 1.29 is 0 Å². The highest BCUT2D eigenvalue weighted by Gasteiger charge is 2.22. The molecule has 0 amide bonds. The predicted molar refractivity (Wildman–Crippen MR) is 113 cm³/mol. The van der Waals surface area contributed by atoms with Gasteiger partial charge >= 0.3 is 0 Å². The van der Waals surface area contributed by atoms with E-state index in [-0.39, 0.29) is 5.56 Å². The van der Waals surface area contributed by atoms with Gasteiger partial charge in [-0.25, -0.2) is 15.0 Å². The molecule has 0 saturated carbocycles. The molecular weight excluding hydrogens is 382 g/mol. The quantitative estimate of drug-likeness (QED) is 0.566. The van der Waals surface area contributed by atoms with Crippen LogP contribution in [0.15, 0.2) is 66.0 Å². The maximum absolute atomic E-state index is 12.7. The van der Waals surface area contributed by atoms with Gasteiger partial charge in [0.1, 0.15) is 12.2 Å². The minimum absolute atomic E-state index is 0.0743. The maximum atomic E-state index is 12.7. The van der Waals surface area contributed by atoms with E-state index in [1.807, 2.05) is 17.4 Å². The SMILES string of the molecule is O=c1[nH]c(-c2cncnc2)nc2c1CN(Cc1ccc(-c3ccccc3)s1)CC2. The summed E-state index contributed by atoms with van der Waals surface area (Å²) >= 11 is 1.81. The molecule has 0 unspecified atom stereocenters. The minimum Gasteiger partial charge on any atom is -0.306 e. The molecule has 0 bridgehead atoms. The first-order valence-corrected chi connectivity index (χ1v) is 10.3. The van der Waals surface area contributed by atoms with E-state index in [0.29, 0.717) is 12.4 Å². The first kappa shape index (κ1) is 17.9. The Kier molecular flexibility index (Phi) is 4.75. The highest BCUT2D eigenvalue weighted by atomic mass is 32.1. The molecule has 6 nitrogen and oxygen atoms in total. The Morgan fingerprint density at radius 1 is 1.03 bits per heavy atom. The Hall–Kier alpha value is -3.16. The van der Waals surface area contributed by atoms with Crippen molar-refractivity contribution in [1.82, 2.24) is 24.8 Å². The summed E-state index contributed by atoms with van der Waals surface area (Å²) in [5.41, 5.74) is 3.53. The van der Waals surface area contributed by atoms with E-state index in [2.05, 4.69) is 61.2 Å². The first-order valence-electron chi connectivity index (χ1n) is 9.50. The van der Waals surface area contributed by atoms with Crippen molar-refractivity contribution in [3.05, 3.63) is 87.7 Å². The third-order valence-corrected chi connectivity index (χ3v) is 6.20. The lowest BCUT2D eigenvalue weighted by molar-refractivity contribution is 0.244. The Morgan fingerprint density at radius 2 is 1.86 bits per heavy atom. The summed E-state index contributed by atoms with van der Waals surface area (Å²) in [6, 6.07) is 14.8. The first-order chi connectivity index (χ1) is 14.3. The zero-order valence-electron chi connectivity index (χ0n) is 15.7. The van der Waals surface area contributed by atoms with Gasteiger partial charge in [-0.1, -0.05) is 30.3 Å². The van der Waals surface area contributed by atoms with Crippen LogP contribution in [0.4, 0.5) is 0 Å². The molecule has 7 heteroatoms. The third kappa shape index (κ3) is 3.74. The molecule has 1 aliphatic rings. The monoisotopic (exact) mass is 401 g/mol. The molecule has 1 aromatic carbocycles. The minimum atomic E-state index is -0.0743. The van der Waals surface area contributed by atoms with Gasteiger partial charge in [-0.3, -0.25) is 9.69 Å². The molecule has 29 heavy (non-hydrogen) atoms. The molecule has 0 atom stereocenters. The van der Waals surface area contributed by atoms with Crippen LogP contribution >= 0.6 is 11.3 Å². The van der Waals surface area contributed by atoms with Crippen LogP contribution in [0.5, 0.6) is 0 Å². The molecule has 0 radical (unpaired) electrons. The van der Waals surface area contributed by atoms with Gasteiger partial charge in [0.2, 0.25) is 0 Å². The predicted octanol–water partition coefficient (Wildman–Crippen LogP) is 3.51. The van der Waals surface area contributed by atoms with Crippen LogP contribution in [-0.2, 0) is 19.5 Å². The molecule has 1 N–H and O–H groups in total. The fraction of sp³-hybridized carbons (Fsp3) is 0.182. The normalized spacial score (nSPS) is 13.9. The van der Waals surface area contributed by atoms with Crippen LogP contribution in [-0.4, -0.2) is 31.4 Å². The van der Waals surface area contributed by atoms with Crippen LogP contribution in [0.2, 0.25) is 0 Å². The van der Waals surface area contributed by atoms with Crippen molar-refractivity contribution in [3.63, 3.8) is 0 Å². The summed E-state index contributed by atoms with van der Waals surface area (Å²) in [5, 5.41) is 0. The number of fused-ring (bicyclic) bond motifs is 1. The van der Waals surface area contributed by atoms with Crippen molar-refractivity contribution in [1.29, 1.82) is 0 Å². The van der Waals surface area contributed by atoms with E-state index in [4.69, 9.17) is 0 Å². The largest absolute Gasteiger partial charge is 0.306 e. The van der Waals surface area contributed by atoms with Gasteiger partial charge < -0.3 is 4.98 Å². The van der Waals surface area contributed by atoms with Crippen molar-refractivity contribution in [2.45, 2.75) is 19.5 Å². The molecule has 0 fully saturated rings. The second kappa shape index (κ2) is 7.69. The van der Waals surface area contributed by atoms with Gasteiger partial charge in [-0.05, 0) is 17.7 Å². The van der Waals surface area contributed by atoms with E-state index in [1.54, 1.807) is 12.4 Å². The lowest BCUT2D eigenvalue weighted by atomic mass is 10.1. The zero-order chi connectivity index (χ0) is 19.6. The third-order valence-electron chi connectivity index (χ3n) is 5.08. The topological polar surface area (TPSA) is 74.8 Å². The van der Waals surface area contributed by atoms with Gasteiger partial charge in [0, 0.05) is 48.2 Å². The lowest BCUT2D eigenvalue weighted by Gasteiger charge is -2.27. The maximum Gasteiger partial charge on any atom is 0.255 e. The Balaban J connectivity index is 1.34. The van der Waals surface area contributed by atoms with E-state index in [1.165, 1.54) is 21.6 Å². The van der Waals surface area contributed by atoms with Crippen LogP contribution < -0.4 is 5.56 Å². The van der Waals surface area contributed by atoms with Gasteiger partial charge in [-0.15, -0.1) is 11.3 Å². The van der Waals surface area contributed by atoms with Crippen LogP contribution in [0.25, 0.3) is 21.8 Å². The fourth-order valence-corrected chi connectivity index (χ4v) is 4.67. The zero-order valence-corrected chi connectivity index (χ0v) is 16.5. The van der Waals surface area contributed by atoms with E-state index in [0.717, 1.165) is 36.3 Å². The number of nitrogens with zero attached hydrogens (tertiary/aromatic N) is 4. The second-order valence-electron chi connectivity index (χ2n) is 7.06. The van der Waals surface area contributed by atoms with E-state index >= 15 is 0 Å². The molecule has 0 aliphatic carbocycles. The van der Waals surface area contributed by atoms with Crippen molar-refractivity contribution in [2.24, 2.45) is 0 Å². The Bertz CT molecular complexity index is 1190. The van der Waals surface area contributed by atoms with Gasteiger partial charge in [0.05, 0.1) is 16.8 Å². The summed E-state index contributed by atoms with van der Waals surface area (Å²) in [7, 11) is 0. The number of aromatic amines is 1. The Morgan fingerprint density at radius 3 is 2.69 bits per heavy atom. The fourth-order valence-electron chi connectivity index (χ4n) is 3.61. The van der Waals surface area contributed by atoms with Gasteiger partial charge in [-0.2, -0.15) is 0 Å². The van der Waals surface area contributed by atoms with Gasteiger partial charge in [0.25, 0.3) is 5.56 Å². The van der Waals surface area contributed by atoms with E-state index in [9.17, 15) is 4.79 Å². The number of H-pyrrole nitrogens is 1. The Labute approximate surface area is 171 Å². The molecule has 0 spiro atoms. The highest BCUT2D eigenvalue weighted by molar-refractivity contribution is 7.15. The molecule has 5 rings (SSSR count). The number of rotatable bonds is 4. The molecule has 0 saturated heterocycles.